The molecular weight excluding hydrogens is 168 g/mol. The fraction of sp³-hybridized carbons (Fsp3) is 1.00. The van der Waals surface area contributed by atoms with Crippen molar-refractivity contribution < 1.29 is 14.9 Å². The molecule has 0 aliphatic carbocycles. The summed E-state index contributed by atoms with van der Waals surface area (Å²) in [5.41, 5.74) is 0.120. The molecular formula is C10H20O3. The molecule has 0 bridgehead atoms. The van der Waals surface area contributed by atoms with Crippen LogP contribution in [0.5, 0.6) is 0 Å². The zero-order valence-corrected chi connectivity index (χ0v) is 8.82. The monoisotopic (exact) mass is 188 g/mol. The van der Waals surface area contributed by atoms with E-state index in [2.05, 4.69) is 20.8 Å². The summed E-state index contributed by atoms with van der Waals surface area (Å²) in [7, 11) is 0. The third-order valence-electron chi connectivity index (χ3n) is 2.41. The first-order valence-electron chi connectivity index (χ1n) is 4.83. The van der Waals surface area contributed by atoms with E-state index in [-0.39, 0.29) is 17.6 Å². The normalized spacial score (nSPS) is 41.1. The lowest BCUT2D eigenvalue weighted by molar-refractivity contribution is -0.00700. The topological polar surface area (TPSA) is 49.7 Å². The summed E-state index contributed by atoms with van der Waals surface area (Å²) < 4.78 is 5.46. The lowest BCUT2D eigenvalue weighted by atomic mass is 9.87. The van der Waals surface area contributed by atoms with E-state index in [1.807, 2.05) is 0 Å². The maximum atomic E-state index is 9.62. The van der Waals surface area contributed by atoms with E-state index >= 15 is 0 Å². The number of hydrogen-bond donors (Lipinski definition) is 2. The van der Waals surface area contributed by atoms with Crippen LogP contribution in [0.25, 0.3) is 0 Å². The van der Waals surface area contributed by atoms with Crippen molar-refractivity contribution in [1.29, 1.82) is 0 Å². The molecule has 1 rings (SSSR count). The maximum Gasteiger partial charge on any atom is 0.109 e. The summed E-state index contributed by atoms with van der Waals surface area (Å²) in [6, 6.07) is 0. The van der Waals surface area contributed by atoms with Crippen LogP contribution >= 0.6 is 0 Å². The molecule has 1 saturated heterocycles. The van der Waals surface area contributed by atoms with E-state index < -0.39 is 12.2 Å². The zero-order chi connectivity index (χ0) is 10.2. The van der Waals surface area contributed by atoms with Gasteiger partial charge in [-0.15, -0.1) is 0 Å². The van der Waals surface area contributed by atoms with Gasteiger partial charge in [-0.3, -0.25) is 0 Å². The lowest BCUT2D eigenvalue weighted by Crippen LogP contribution is -2.33. The van der Waals surface area contributed by atoms with Crippen LogP contribution in [0.1, 0.15) is 34.1 Å². The Labute approximate surface area is 79.7 Å². The van der Waals surface area contributed by atoms with Crippen LogP contribution in [-0.4, -0.2) is 34.6 Å². The molecule has 0 aromatic rings. The molecule has 0 spiro atoms. The van der Waals surface area contributed by atoms with Crippen LogP contribution in [0.4, 0.5) is 0 Å². The van der Waals surface area contributed by atoms with Crippen molar-refractivity contribution >= 4 is 0 Å². The highest BCUT2D eigenvalue weighted by atomic mass is 16.5. The van der Waals surface area contributed by atoms with E-state index in [0.717, 1.165) is 6.42 Å². The second-order valence-corrected chi connectivity index (χ2v) is 5.13. The highest BCUT2D eigenvalue weighted by Gasteiger charge is 2.41. The Balaban J connectivity index is 2.54. The van der Waals surface area contributed by atoms with Gasteiger partial charge in [-0.2, -0.15) is 0 Å². The molecule has 1 unspecified atom stereocenters. The van der Waals surface area contributed by atoms with Gasteiger partial charge in [-0.1, -0.05) is 20.8 Å². The van der Waals surface area contributed by atoms with Crippen LogP contribution in [0, 0.1) is 5.41 Å². The third-order valence-corrected chi connectivity index (χ3v) is 2.41. The molecule has 0 aromatic heterocycles. The molecule has 0 radical (unpaired) electrons. The summed E-state index contributed by atoms with van der Waals surface area (Å²) in [6.07, 6.45) is -1.15. The third kappa shape index (κ3) is 2.66. The first-order valence-corrected chi connectivity index (χ1v) is 4.83. The fourth-order valence-corrected chi connectivity index (χ4v) is 1.71. The largest absolute Gasteiger partial charge is 0.388 e. The molecule has 78 valence electrons. The Bertz CT molecular complexity index is 173. The van der Waals surface area contributed by atoms with Crippen LogP contribution in [0.2, 0.25) is 0 Å². The Kier molecular flexibility index (Phi) is 3.00. The van der Waals surface area contributed by atoms with E-state index in [0.29, 0.717) is 0 Å². The number of rotatable bonds is 1. The SMILES string of the molecule is C[C@H]1O[C@@H](CC(C)(C)C)[C@@H](O)C1O. The Morgan fingerprint density at radius 2 is 1.69 bits per heavy atom. The van der Waals surface area contributed by atoms with Crippen LogP contribution in [-0.2, 0) is 4.74 Å². The predicted molar refractivity (Wildman–Crippen MR) is 50.4 cm³/mol. The first kappa shape index (κ1) is 11.0. The van der Waals surface area contributed by atoms with Gasteiger partial charge in [-0.05, 0) is 18.8 Å². The Hall–Kier alpha value is -0.120. The average molecular weight is 188 g/mol. The van der Waals surface area contributed by atoms with Gasteiger partial charge in [0.1, 0.15) is 12.2 Å². The molecule has 1 fully saturated rings. The van der Waals surface area contributed by atoms with Crippen molar-refractivity contribution in [3.05, 3.63) is 0 Å². The van der Waals surface area contributed by atoms with Crippen molar-refractivity contribution in [1.82, 2.24) is 0 Å². The Morgan fingerprint density at radius 1 is 1.15 bits per heavy atom. The van der Waals surface area contributed by atoms with Crippen molar-refractivity contribution in [3.63, 3.8) is 0 Å². The van der Waals surface area contributed by atoms with Gasteiger partial charge in [0, 0.05) is 0 Å². The molecule has 13 heavy (non-hydrogen) atoms. The molecule has 1 heterocycles. The summed E-state index contributed by atoms with van der Waals surface area (Å²) >= 11 is 0. The number of hydrogen-bond acceptors (Lipinski definition) is 3. The number of ether oxygens (including phenoxy) is 1. The van der Waals surface area contributed by atoms with Crippen molar-refractivity contribution in [3.8, 4) is 0 Å². The fourth-order valence-electron chi connectivity index (χ4n) is 1.71. The molecule has 1 aliphatic rings. The first-order chi connectivity index (χ1) is 5.81. The quantitative estimate of drug-likeness (QED) is 0.643. The second-order valence-electron chi connectivity index (χ2n) is 5.13. The van der Waals surface area contributed by atoms with Gasteiger partial charge in [-0.25, -0.2) is 0 Å². The summed E-state index contributed by atoms with van der Waals surface area (Å²) in [5.74, 6) is 0. The minimum atomic E-state index is -0.729. The molecule has 0 saturated carbocycles. The average Bonchev–Trinajstić information content (AvgIpc) is 2.15. The van der Waals surface area contributed by atoms with Gasteiger partial charge in [0.25, 0.3) is 0 Å². The van der Waals surface area contributed by atoms with E-state index in [9.17, 15) is 10.2 Å². The molecule has 0 aromatic carbocycles. The molecule has 3 heteroatoms. The highest BCUT2D eigenvalue weighted by Crippen LogP contribution is 2.30. The van der Waals surface area contributed by atoms with Crippen molar-refractivity contribution in [2.24, 2.45) is 5.41 Å². The van der Waals surface area contributed by atoms with E-state index in [1.54, 1.807) is 6.92 Å². The smallest absolute Gasteiger partial charge is 0.109 e. The summed E-state index contributed by atoms with van der Waals surface area (Å²) in [6.45, 7) is 8.08. The van der Waals surface area contributed by atoms with Crippen LogP contribution in [0.3, 0.4) is 0 Å². The molecule has 0 amide bonds. The van der Waals surface area contributed by atoms with Crippen LogP contribution in [0.15, 0.2) is 0 Å². The van der Waals surface area contributed by atoms with Gasteiger partial charge < -0.3 is 14.9 Å². The molecule has 2 N–H and O–H groups in total. The zero-order valence-electron chi connectivity index (χ0n) is 8.82. The van der Waals surface area contributed by atoms with Gasteiger partial charge in [0.05, 0.1) is 12.2 Å². The van der Waals surface area contributed by atoms with Crippen molar-refractivity contribution in [2.75, 3.05) is 0 Å². The number of aliphatic hydroxyl groups is 2. The lowest BCUT2D eigenvalue weighted by Gasteiger charge is -2.24. The molecule has 3 nitrogen and oxygen atoms in total. The van der Waals surface area contributed by atoms with Gasteiger partial charge in [0.2, 0.25) is 0 Å². The second kappa shape index (κ2) is 3.56. The predicted octanol–water partition coefficient (Wildman–Crippen LogP) is 0.932. The summed E-state index contributed by atoms with van der Waals surface area (Å²) in [4.78, 5) is 0. The standard InChI is InChI=1S/C10H20O3/c1-6-8(11)9(12)7(13-6)5-10(2,3)4/h6-9,11-12H,5H2,1-4H3/t6-,7+,8?,9-/m1/s1. The van der Waals surface area contributed by atoms with Gasteiger partial charge in [0.15, 0.2) is 0 Å². The Morgan fingerprint density at radius 3 is 2.00 bits per heavy atom. The van der Waals surface area contributed by atoms with E-state index in [4.69, 9.17) is 4.74 Å². The molecule has 4 atom stereocenters. The van der Waals surface area contributed by atoms with E-state index in [1.165, 1.54) is 0 Å². The minimum Gasteiger partial charge on any atom is -0.388 e. The molecule has 1 aliphatic heterocycles. The summed E-state index contributed by atoms with van der Waals surface area (Å²) in [5, 5.41) is 19.1. The number of aliphatic hydroxyl groups excluding tert-OH is 2. The van der Waals surface area contributed by atoms with Crippen molar-refractivity contribution in [2.45, 2.75) is 58.5 Å². The highest BCUT2D eigenvalue weighted by molar-refractivity contribution is 4.90. The minimum absolute atomic E-state index is 0.120. The van der Waals surface area contributed by atoms with Gasteiger partial charge >= 0.3 is 0 Å². The van der Waals surface area contributed by atoms with Crippen LogP contribution < -0.4 is 0 Å². The maximum absolute atomic E-state index is 9.62.